The van der Waals surface area contributed by atoms with E-state index >= 15 is 0 Å². The van der Waals surface area contributed by atoms with Crippen LogP contribution in [-0.4, -0.2) is 34.2 Å². The van der Waals surface area contributed by atoms with Crippen molar-refractivity contribution in [2.24, 2.45) is 5.10 Å². The van der Waals surface area contributed by atoms with Crippen molar-refractivity contribution in [1.29, 1.82) is 0 Å². The number of ether oxygens (including phenoxy) is 1. The van der Waals surface area contributed by atoms with E-state index in [1.54, 1.807) is 35.9 Å². The molecule has 0 saturated heterocycles. The molecule has 0 fully saturated rings. The summed E-state index contributed by atoms with van der Waals surface area (Å²) in [5.41, 5.74) is 1.74. The van der Waals surface area contributed by atoms with Crippen LogP contribution in [0.1, 0.15) is 34.3 Å². The van der Waals surface area contributed by atoms with Gasteiger partial charge in [0.25, 0.3) is 5.91 Å². The molecule has 10 heteroatoms. The van der Waals surface area contributed by atoms with Crippen molar-refractivity contribution >= 4 is 51.9 Å². The molecule has 1 aliphatic heterocycles. The molecule has 1 aromatic carbocycles. The minimum atomic E-state index is -0.655. The summed E-state index contributed by atoms with van der Waals surface area (Å²) in [6, 6.07) is 14.2. The van der Waals surface area contributed by atoms with Gasteiger partial charge >= 0.3 is 5.97 Å². The molecular formula is C23H16ClN3O4S2. The molecule has 1 atom stereocenters. The van der Waals surface area contributed by atoms with Gasteiger partial charge in [-0.3, -0.25) is 4.79 Å². The molecule has 1 amide bonds. The summed E-state index contributed by atoms with van der Waals surface area (Å²) in [5, 5.41) is 10.7. The van der Waals surface area contributed by atoms with E-state index in [0.717, 1.165) is 15.4 Å². The number of nitrogens with zero attached hydrogens (tertiary/aromatic N) is 3. The van der Waals surface area contributed by atoms with Crippen LogP contribution in [0.25, 0.3) is 9.88 Å². The lowest BCUT2D eigenvalue weighted by Crippen LogP contribution is -2.31. The van der Waals surface area contributed by atoms with Gasteiger partial charge < -0.3 is 9.15 Å². The Morgan fingerprint density at radius 2 is 2.00 bits per heavy atom. The fourth-order valence-electron chi connectivity index (χ4n) is 3.41. The number of furan rings is 1. The van der Waals surface area contributed by atoms with Gasteiger partial charge in [0.2, 0.25) is 0 Å². The third kappa shape index (κ3) is 4.61. The summed E-state index contributed by atoms with van der Waals surface area (Å²) in [4.78, 5) is 30.7. The molecule has 0 N–H and O–H groups in total. The highest BCUT2D eigenvalue weighted by molar-refractivity contribution is 7.20. The van der Waals surface area contributed by atoms with E-state index < -0.39 is 24.5 Å². The molecule has 33 heavy (non-hydrogen) atoms. The Hall–Kier alpha value is -3.27. The second kappa shape index (κ2) is 9.30. The van der Waals surface area contributed by atoms with Gasteiger partial charge in [0.15, 0.2) is 12.3 Å². The Morgan fingerprint density at radius 1 is 1.15 bits per heavy atom. The molecule has 0 aliphatic carbocycles. The number of rotatable bonds is 6. The summed E-state index contributed by atoms with van der Waals surface area (Å²) < 4.78 is 10.8. The van der Waals surface area contributed by atoms with E-state index in [-0.39, 0.29) is 5.69 Å². The standard InChI is InChI=1S/C23H16ClN3O4S2/c24-15-7-5-14(6-8-15)16-11-18(19-3-1-9-30-19)27(26-16)21(28)12-31-23(29)17-13-33-22(25-17)20-4-2-10-32-20/h1-10,13,18H,11-12H2. The van der Waals surface area contributed by atoms with E-state index in [2.05, 4.69) is 10.1 Å². The topological polar surface area (TPSA) is 85.0 Å². The number of thiazole rings is 1. The summed E-state index contributed by atoms with van der Waals surface area (Å²) >= 11 is 8.88. The van der Waals surface area contributed by atoms with Crippen LogP contribution in [0.2, 0.25) is 5.02 Å². The smallest absolute Gasteiger partial charge is 0.358 e. The van der Waals surface area contributed by atoms with Crippen molar-refractivity contribution in [2.75, 3.05) is 6.61 Å². The normalized spacial score (nSPS) is 15.5. The average Bonchev–Trinajstić information content (AvgIpc) is 3.63. The van der Waals surface area contributed by atoms with E-state index in [9.17, 15) is 9.59 Å². The monoisotopic (exact) mass is 497 g/mol. The number of benzene rings is 1. The van der Waals surface area contributed by atoms with E-state index in [1.807, 2.05) is 29.6 Å². The minimum absolute atomic E-state index is 0.172. The first kappa shape index (κ1) is 21.6. The molecule has 5 rings (SSSR count). The zero-order valence-corrected chi connectivity index (χ0v) is 19.4. The fourth-order valence-corrected chi connectivity index (χ4v) is 5.14. The number of hydrogen-bond donors (Lipinski definition) is 0. The van der Waals surface area contributed by atoms with Crippen LogP contribution in [0.15, 0.2) is 75.1 Å². The quantitative estimate of drug-likeness (QED) is 0.321. The highest BCUT2D eigenvalue weighted by Gasteiger charge is 2.35. The second-order valence-electron chi connectivity index (χ2n) is 7.12. The van der Waals surface area contributed by atoms with Crippen LogP contribution in [0.4, 0.5) is 0 Å². The Balaban J connectivity index is 1.30. The van der Waals surface area contributed by atoms with Gasteiger partial charge in [-0.05, 0) is 41.3 Å². The maximum Gasteiger partial charge on any atom is 0.358 e. The van der Waals surface area contributed by atoms with Gasteiger partial charge in [0, 0.05) is 16.8 Å². The van der Waals surface area contributed by atoms with E-state index in [1.165, 1.54) is 27.7 Å². The van der Waals surface area contributed by atoms with Gasteiger partial charge in [-0.1, -0.05) is 29.8 Å². The summed E-state index contributed by atoms with van der Waals surface area (Å²) in [6.45, 7) is -0.459. The molecular weight excluding hydrogens is 482 g/mol. The van der Waals surface area contributed by atoms with Gasteiger partial charge in [-0.25, -0.2) is 14.8 Å². The Bertz CT molecular complexity index is 1300. The molecule has 0 bridgehead atoms. The molecule has 1 unspecified atom stereocenters. The summed E-state index contributed by atoms with van der Waals surface area (Å²) in [6.07, 6.45) is 2.01. The lowest BCUT2D eigenvalue weighted by atomic mass is 10.0. The molecule has 0 saturated carbocycles. The minimum Gasteiger partial charge on any atom is -0.467 e. The number of amides is 1. The second-order valence-corrected chi connectivity index (χ2v) is 9.36. The largest absolute Gasteiger partial charge is 0.467 e. The summed E-state index contributed by atoms with van der Waals surface area (Å²) in [7, 11) is 0. The number of esters is 1. The van der Waals surface area contributed by atoms with Gasteiger partial charge in [-0.15, -0.1) is 22.7 Å². The molecule has 166 valence electrons. The maximum atomic E-state index is 13.0. The predicted octanol–water partition coefficient (Wildman–Crippen LogP) is 5.65. The van der Waals surface area contributed by atoms with Crippen LogP contribution < -0.4 is 0 Å². The lowest BCUT2D eigenvalue weighted by Gasteiger charge is -2.19. The van der Waals surface area contributed by atoms with Crippen LogP contribution in [0, 0.1) is 0 Å². The van der Waals surface area contributed by atoms with Crippen molar-refractivity contribution in [3.8, 4) is 9.88 Å². The molecule has 0 spiro atoms. The van der Waals surface area contributed by atoms with Crippen molar-refractivity contribution in [3.63, 3.8) is 0 Å². The van der Waals surface area contributed by atoms with Crippen molar-refractivity contribution in [1.82, 2.24) is 9.99 Å². The van der Waals surface area contributed by atoms with Crippen molar-refractivity contribution < 1.29 is 18.7 Å². The first-order valence-electron chi connectivity index (χ1n) is 9.94. The Kier molecular flexibility index (Phi) is 6.08. The van der Waals surface area contributed by atoms with E-state index in [0.29, 0.717) is 22.9 Å². The maximum absolute atomic E-state index is 13.0. The Morgan fingerprint density at radius 3 is 2.73 bits per heavy atom. The third-order valence-electron chi connectivity index (χ3n) is 4.99. The van der Waals surface area contributed by atoms with Gasteiger partial charge in [-0.2, -0.15) is 5.10 Å². The zero-order valence-electron chi connectivity index (χ0n) is 17.0. The van der Waals surface area contributed by atoms with Crippen LogP contribution in [-0.2, 0) is 9.53 Å². The lowest BCUT2D eigenvalue weighted by molar-refractivity contribution is -0.136. The average molecular weight is 498 g/mol. The molecule has 4 heterocycles. The highest BCUT2D eigenvalue weighted by Crippen LogP contribution is 2.33. The predicted molar refractivity (Wildman–Crippen MR) is 127 cm³/mol. The number of carbonyl (C=O) groups excluding carboxylic acids is 2. The third-order valence-corrected chi connectivity index (χ3v) is 7.12. The van der Waals surface area contributed by atoms with Crippen molar-refractivity contribution in [3.05, 3.63) is 87.6 Å². The van der Waals surface area contributed by atoms with E-state index in [4.69, 9.17) is 20.8 Å². The van der Waals surface area contributed by atoms with Crippen LogP contribution in [0.5, 0.6) is 0 Å². The molecule has 0 radical (unpaired) electrons. The number of halogens is 1. The first-order chi connectivity index (χ1) is 16.1. The SMILES string of the molecule is O=C(OCC(=O)N1N=C(c2ccc(Cl)cc2)CC1c1ccco1)c1csc(-c2cccs2)n1. The number of hydrazone groups is 1. The molecule has 7 nitrogen and oxygen atoms in total. The molecule has 3 aromatic heterocycles. The first-order valence-corrected chi connectivity index (χ1v) is 12.1. The van der Waals surface area contributed by atoms with Crippen LogP contribution >= 0.6 is 34.3 Å². The van der Waals surface area contributed by atoms with Crippen LogP contribution in [0.3, 0.4) is 0 Å². The number of carbonyl (C=O) groups is 2. The fraction of sp³-hybridized carbons (Fsp3) is 0.130. The molecule has 4 aromatic rings. The molecule has 1 aliphatic rings. The highest BCUT2D eigenvalue weighted by atomic mass is 35.5. The van der Waals surface area contributed by atoms with Gasteiger partial charge in [0.1, 0.15) is 16.8 Å². The Labute approximate surface area is 201 Å². The van der Waals surface area contributed by atoms with Crippen molar-refractivity contribution in [2.45, 2.75) is 12.5 Å². The number of aromatic nitrogens is 1. The van der Waals surface area contributed by atoms with Gasteiger partial charge in [0.05, 0.1) is 16.9 Å². The number of thiophene rings is 1. The summed E-state index contributed by atoms with van der Waals surface area (Å²) in [5.74, 6) is -0.511. The number of hydrogen-bond acceptors (Lipinski definition) is 8. The zero-order chi connectivity index (χ0) is 22.8.